The summed E-state index contributed by atoms with van der Waals surface area (Å²) in [6, 6.07) is 0. The SMILES string of the molecule is CC(C)(C)C1=C(C(C)(C)C)CN(C(C)(C)C)CC1. The lowest BCUT2D eigenvalue weighted by Gasteiger charge is -2.46. The molecule has 1 nitrogen and oxygen atoms in total. The molecule has 1 aliphatic rings. The normalized spacial score (nSPS) is 20.5. The van der Waals surface area contributed by atoms with Crippen molar-refractivity contribution in [1.29, 1.82) is 0 Å². The number of hydrogen-bond donors (Lipinski definition) is 0. The summed E-state index contributed by atoms with van der Waals surface area (Å²) in [4.78, 5) is 2.63. The van der Waals surface area contributed by atoms with Crippen molar-refractivity contribution in [2.45, 2.75) is 74.3 Å². The van der Waals surface area contributed by atoms with Gasteiger partial charge in [0.2, 0.25) is 0 Å². The van der Waals surface area contributed by atoms with Gasteiger partial charge in [-0.05, 0) is 38.0 Å². The lowest BCUT2D eigenvalue weighted by Crippen LogP contribution is -2.47. The zero-order chi connectivity index (χ0) is 14.4. The molecule has 106 valence electrons. The molecule has 0 aromatic heterocycles. The van der Waals surface area contributed by atoms with E-state index in [4.69, 9.17) is 0 Å². The second-order valence-corrected chi connectivity index (χ2v) is 8.80. The first-order chi connectivity index (χ1) is 7.83. The van der Waals surface area contributed by atoms with Crippen LogP contribution in [0.3, 0.4) is 0 Å². The molecule has 0 fully saturated rings. The molecular weight excluding hydrogens is 218 g/mol. The Morgan fingerprint density at radius 1 is 0.722 bits per heavy atom. The molecule has 0 amide bonds. The molecule has 0 saturated heterocycles. The highest BCUT2D eigenvalue weighted by Crippen LogP contribution is 2.42. The van der Waals surface area contributed by atoms with Gasteiger partial charge in [-0.15, -0.1) is 0 Å². The van der Waals surface area contributed by atoms with Gasteiger partial charge < -0.3 is 0 Å². The van der Waals surface area contributed by atoms with Crippen LogP contribution in [0.1, 0.15) is 68.7 Å². The van der Waals surface area contributed by atoms with E-state index in [1.807, 2.05) is 0 Å². The lowest BCUT2D eigenvalue weighted by molar-refractivity contribution is 0.128. The Labute approximate surface area is 115 Å². The van der Waals surface area contributed by atoms with Crippen LogP contribution in [0.4, 0.5) is 0 Å². The summed E-state index contributed by atoms with van der Waals surface area (Å²) in [5.41, 5.74) is 4.23. The quantitative estimate of drug-likeness (QED) is 0.555. The highest BCUT2D eigenvalue weighted by atomic mass is 15.2. The van der Waals surface area contributed by atoms with E-state index >= 15 is 0 Å². The third-order valence-electron chi connectivity index (χ3n) is 4.10. The molecule has 0 aliphatic carbocycles. The largest absolute Gasteiger partial charge is 0.294 e. The lowest BCUT2D eigenvalue weighted by atomic mass is 9.71. The molecule has 0 saturated carbocycles. The van der Waals surface area contributed by atoms with Crippen molar-refractivity contribution in [3.05, 3.63) is 11.1 Å². The molecule has 1 rings (SSSR count). The number of nitrogens with zero attached hydrogens (tertiary/aromatic N) is 1. The van der Waals surface area contributed by atoms with Crippen molar-refractivity contribution in [3.63, 3.8) is 0 Å². The van der Waals surface area contributed by atoms with Crippen LogP contribution < -0.4 is 0 Å². The minimum atomic E-state index is 0.278. The number of hydrogen-bond acceptors (Lipinski definition) is 1. The smallest absolute Gasteiger partial charge is 0.0206 e. The van der Waals surface area contributed by atoms with Gasteiger partial charge in [0.15, 0.2) is 0 Å². The summed E-state index contributed by atoms with van der Waals surface area (Å²) in [6.07, 6.45) is 1.23. The minimum absolute atomic E-state index is 0.278. The summed E-state index contributed by atoms with van der Waals surface area (Å²) in [5, 5.41) is 0. The molecule has 0 radical (unpaired) electrons. The minimum Gasteiger partial charge on any atom is -0.294 e. The second kappa shape index (κ2) is 4.67. The maximum absolute atomic E-state index is 2.63. The fourth-order valence-electron chi connectivity index (χ4n) is 2.85. The molecule has 0 bridgehead atoms. The first-order valence-corrected chi connectivity index (χ1v) is 7.31. The Kier molecular flexibility index (Phi) is 4.08. The van der Waals surface area contributed by atoms with E-state index in [-0.39, 0.29) is 11.0 Å². The average Bonchev–Trinajstić information content (AvgIpc) is 2.12. The Morgan fingerprint density at radius 3 is 1.50 bits per heavy atom. The first-order valence-electron chi connectivity index (χ1n) is 7.31. The van der Waals surface area contributed by atoms with E-state index in [0.29, 0.717) is 5.41 Å². The number of rotatable bonds is 0. The molecule has 18 heavy (non-hydrogen) atoms. The Hall–Kier alpha value is -0.300. The van der Waals surface area contributed by atoms with Crippen LogP contribution in [0.2, 0.25) is 0 Å². The third-order valence-corrected chi connectivity index (χ3v) is 4.10. The van der Waals surface area contributed by atoms with E-state index in [0.717, 1.165) is 6.54 Å². The Balaban J connectivity index is 3.16. The Morgan fingerprint density at radius 2 is 1.17 bits per heavy atom. The molecule has 0 unspecified atom stereocenters. The summed E-state index contributed by atoms with van der Waals surface area (Å²) < 4.78 is 0. The van der Waals surface area contributed by atoms with Crippen molar-refractivity contribution in [3.8, 4) is 0 Å². The average molecular weight is 251 g/mol. The molecular formula is C17H33N. The van der Waals surface area contributed by atoms with E-state index in [1.165, 1.54) is 13.0 Å². The molecule has 1 aliphatic heterocycles. The van der Waals surface area contributed by atoms with Gasteiger partial charge in [0.1, 0.15) is 0 Å². The monoisotopic (exact) mass is 251 g/mol. The molecule has 1 heteroatoms. The van der Waals surface area contributed by atoms with Crippen LogP contribution in [0.5, 0.6) is 0 Å². The predicted octanol–water partition coefficient (Wildman–Crippen LogP) is 4.88. The highest BCUT2D eigenvalue weighted by molar-refractivity contribution is 5.29. The zero-order valence-corrected chi connectivity index (χ0v) is 14.1. The summed E-state index contributed by atoms with van der Waals surface area (Å²) >= 11 is 0. The van der Waals surface area contributed by atoms with Crippen molar-refractivity contribution < 1.29 is 0 Å². The van der Waals surface area contributed by atoms with Gasteiger partial charge in [-0.1, -0.05) is 52.7 Å². The van der Waals surface area contributed by atoms with E-state index < -0.39 is 0 Å². The maximum Gasteiger partial charge on any atom is 0.0206 e. The van der Waals surface area contributed by atoms with Gasteiger partial charge in [0.05, 0.1) is 0 Å². The van der Waals surface area contributed by atoms with Crippen molar-refractivity contribution in [2.24, 2.45) is 10.8 Å². The Bertz CT molecular complexity index is 328. The van der Waals surface area contributed by atoms with Crippen molar-refractivity contribution in [1.82, 2.24) is 4.90 Å². The van der Waals surface area contributed by atoms with Gasteiger partial charge in [0.25, 0.3) is 0 Å². The van der Waals surface area contributed by atoms with Gasteiger partial charge in [0, 0.05) is 18.6 Å². The predicted molar refractivity (Wildman–Crippen MR) is 81.9 cm³/mol. The summed E-state index contributed by atoms with van der Waals surface area (Å²) in [6.45, 7) is 23.5. The van der Waals surface area contributed by atoms with Crippen LogP contribution >= 0.6 is 0 Å². The molecule has 1 heterocycles. The van der Waals surface area contributed by atoms with Gasteiger partial charge in [-0.2, -0.15) is 0 Å². The van der Waals surface area contributed by atoms with Crippen LogP contribution in [-0.2, 0) is 0 Å². The van der Waals surface area contributed by atoms with Crippen LogP contribution in [0.15, 0.2) is 11.1 Å². The fourth-order valence-corrected chi connectivity index (χ4v) is 2.85. The van der Waals surface area contributed by atoms with Gasteiger partial charge >= 0.3 is 0 Å². The first kappa shape index (κ1) is 15.8. The zero-order valence-electron chi connectivity index (χ0n) is 14.1. The van der Waals surface area contributed by atoms with Crippen LogP contribution in [0.25, 0.3) is 0 Å². The van der Waals surface area contributed by atoms with E-state index in [1.54, 1.807) is 11.1 Å². The van der Waals surface area contributed by atoms with Gasteiger partial charge in [-0.25, -0.2) is 0 Å². The van der Waals surface area contributed by atoms with Crippen LogP contribution in [0, 0.1) is 10.8 Å². The molecule has 0 aromatic carbocycles. The van der Waals surface area contributed by atoms with Crippen molar-refractivity contribution >= 4 is 0 Å². The molecule has 0 aromatic rings. The third kappa shape index (κ3) is 3.60. The molecule has 0 spiro atoms. The van der Waals surface area contributed by atoms with Gasteiger partial charge in [-0.3, -0.25) is 4.90 Å². The van der Waals surface area contributed by atoms with E-state index in [2.05, 4.69) is 67.2 Å². The van der Waals surface area contributed by atoms with Crippen molar-refractivity contribution in [2.75, 3.05) is 13.1 Å². The molecule has 0 atom stereocenters. The fraction of sp³-hybridized carbons (Fsp3) is 0.882. The standard InChI is InChI=1S/C17H33N/c1-15(2,3)13-10-11-18(17(7,8)9)12-14(13)16(4,5)6/h10-12H2,1-9H3. The second-order valence-electron chi connectivity index (χ2n) is 8.80. The van der Waals surface area contributed by atoms with Crippen LogP contribution in [-0.4, -0.2) is 23.5 Å². The maximum atomic E-state index is 2.63. The van der Waals surface area contributed by atoms with E-state index in [9.17, 15) is 0 Å². The highest BCUT2D eigenvalue weighted by Gasteiger charge is 2.35. The topological polar surface area (TPSA) is 3.24 Å². The molecule has 0 N–H and O–H groups in total. The summed E-state index contributed by atoms with van der Waals surface area (Å²) in [7, 11) is 0. The summed E-state index contributed by atoms with van der Waals surface area (Å²) in [5.74, 6) is 0.